The largest absolute Gasteiger partial charge is 0.321 e. The Balaban J connectivity index is 1.74. The maximum atomic E-state index is 12.3. The number of benzene rings is 2. The highest BCUT2D eigenvalue weighted by Gasteiger charge is 2.10. The molecule has 3 aromatic rings. The summed E-state index contributed by atoms with van der Waals surface area (Å²) in [5.74, 6) is -0.185. The van der Waals surface area contributed by atoms with Crippen LogP contribution in [0.1, 0.15) is 9.67 Å². The van der Waals surface area contributed by atoms with Crippen LogP contribution in [0.3, 0.4) is 0 Å². The Bertz CT molecular complexity index is 927. The second kappa shape index (κ2) is 6.02. The first-order valence-electron chi connectivity index (χ1n) is 6.78. The molecular weight excluding hydrogens is 332 g/mol. The van der Waals surface area contributed by atoms with Crippen LogP contribution in [0.15, 0.2) is 54.6 Å². The Morgan fingerprint density at radius 1 is 1.00 bits per heavy atom. The highest BCUT2D eigenvalue weighted by Crippen LogP contribution is 2.26. The summed E-state index contributed by atoms with van der Waals surface area (Å²) in [4.78, 5) is 12.9. The summed E-state index contributed by atoms with van der Waals surface area (Å²) in [6.45, 7) is 0. The summed E-state index contributed by atoms with van der Waals surface area (Å²) in [7, 11) is -3.31. The Labute approximate surface area is 138 Å². The number of hydrogen-bond acceptors (Lipinski definition) is 4. The van der Waals surface area contributed by atoms with Crippen molar-refractivity contribution in [2.75, 3.05) is 16.3 Å². The molecule has 5 nitrogen and oxygen atoms in total. The fraction of sp³-hybridized carbons (Fsp3) is 0.0625. The quantitative estimate of drug-likeness (QED) is 0.759. The Hall–Kier alpha value is -2.38. The van der Waals surface area contributed by atoms with Crippen molar-refractivity contribution in [2.24, 2.45) is 0 Å². The molecule has 0 spiro atoms. The number of thiophene rings is 1. The van der Waals surface area contributed by atoms with Gasteiger partial charge < -0.3 is 5.32 Å². The number of nitrogens with one attached hydrogen (secondary N) is 2. The molecule has 7 heteroatoms. The highest BCUT2D eigenvalue weighted by molar-refractivity contribution is 7.92. The van der Waals surface area contributed by atoms with Crippen LogP contribution in [0.5, 0.6) is 0 Å². The van der Waals surface area contributed by atoms with Gasteiger partial charge >= 0.3 is 0 Å². The number of sulfonamides is 1. The average Bonchev–Trinajstić information content (AvgIpc) is 2.92. The molecule has 23 heavy (non-hydrogen) atoms. The van der Waals surface area contributed by atoms with E-state index in [0.29, 0.717) is 16.3 Å². The molecular formula is C16H14N2O3S2. The maximum Gasteiger partial charge on any atom is 0.265 e. The van der Waals surface area contributed by atoms with Gasteiger partial charge in [-0.25, -0.2) is 8.42 Å². The molecule has 1 amide bonds. The van der Waals surface area contributed by atoms with E-state index in [9.17, 15) is 13.2 Å². The zero-order chi connectivity index (χ0) is 16.4. The number of rotatable bonds is 4. The Kier molecular flexibility index (Phi) is 4.06. The summed E-state index contributed by atoms with van der Waals surface area (Å²) in [5, 5.41) is 3.84. The van der Waals surface area contributed by atoms with Gasteiger partial charge in [-0.1, -0.05) is 18.2 Å². The lowest BCUT2D eigenvalue weighted by molar-refractivity contribution is 0.103. The summed E-state index contributed by atoms with van der Waals surface area (Å²) in [5.41, 5.74) is 1.05. The van der Waals surface area contributed by atoms with Gasteiger partial charge in [-0.2, -0.15) is 0 Å². The van der Waals surface area contributed by atoms with E-state index in [-0.39, 0.29) is 5.91 Å². The van der Waals surface area contributed by atoms with Crippen LogP contribution in [-0.2, 0) is 10.0 Å². The number of carbonyl (C=O) groups excluding carboxylic acids is 1. The van der Waals surface area contributed by atoms with E-state index >= 15 is 0 Å². The number of carbonyl (C=O) groups is 1. The van der Waals surface area contributed by atoms with Gasteiger partial charge in [0.05, 0.1) is 11.1 Å². The summed E-state index contributed by atoms with van der Waals surface area (Å²) in [6, 6.07) is 16.2. The molecule has 0 saturated carbocycles. The summed E-state index contributed by atoms with van der Waals surface area (Å²) >= 11 is 1.43. The molecule has 0 fully saturated rings. The molecule has 1 heterocycles. The number of anilines is 2. The molecule has 2 N–H and O–H groups in total. The first-order valence-corrected chi connectivity index (χ1v) is 9.49. The molecule has 0 saturated heterocycles. The van der Waals surface area contributed by atoms with Crippen molar-refractivity contribution in [1.29, 1.82) is 0 Å². The molecule has 0 aliphatic heterocycles. The lowest BCUT2D eigenvalue weighted by Gasteiger charge is -2.06. The van der Waals surface area contributed by atoms with Gasteiger partial charge in [0.1, 0.15) is 0 Å². The van der Waals surface area contributed by atoms with E-state index in [1.807, 2.05) is 30.3 Å². The maximum absolute atomic E-state index is 12.3. The van der Waals surface area contributed by atoms with Crippen LogP contribution in [0.2, 0.25) is 0 Å². The number of hydrogen-bond donors (Lipinski definition) is 2. The standard InChI is InChI=1S/C16H14N2O3S2/c1-23(20,21)18-13-8-6-12(7-9-13)17-16(19)15-10-11-4-2-3-5-14(11)22-15/h2-10,18H,1H3,(H,17,19). The van der Waals surface area contributed by atoms with Crippen LogP contribution in [0, 0.1) is 0 Å². The Morgan fingerprint density at radius 3 is 2.30 bits per heavy atom. The summed E-state index contributed by atoms with van der Waals surface area (Å²) < 4.78 is 25.7. The molecule has 2 aromatic carbocycles. The van der Waals surface area contributed by atoms with Crippen molar-refractivity contribution in [3.05, 3.63) is 59.5 Å². The van der Waals surface area contributed by atoms with E-state index in [1.165, 1.54) is 11.3 Å². The van der Waals surface area contributed by atoms with Gasteiger partial charge in [-0.05, 0) is 41.8 Å². The van der Waals surface area contributed by atoms with Gasteiger partial charge in [-0.15, -0.1) is 11.3 Å². The molecule has 0 aliphatic rings. The minimum Gasteiger partial charge on any atom is -0.321 e. The predicted molar refractivity (Wildman–Crippen MR) is 94.7 cm³/mol. The number of amides is 1. The third-order valence-corrected chi connectivity index (χ3v) is 4.82. The van der Waals surface area contributed by atoms with E-state index in [0.717, 1.165) is 16.3 Å². The van der Waals surface area contributed by atoms with Gasteiger partial charge in [0.25, 0.3) is 5.91 Å². The Morgan fingerprint density at radius 2 is 1.65 bits per heavy atom. The molecule has 0 bridgehead atoms. The molecule has 0 unspecified atom stereocenters. The fourth-order valence-corrected chi connectivity index (χ4v) is 3.64. The van der Waals surface area contributed by atoms with Gasteiger partial charge in [-0.3, -0.25) is 9.52 Å². The van der Waals surface area contributed by atoms with Crippen LogP contribution >= 0.6 is 11.3 Å². The van der Waals surface area contributed by atoms with Crippen molar-refractivity contribution >= 4 is 48.7 Å². The molecule has 118 valence electrons. The normalized spacial score (nSPS) is 11.3. The second-order valence-corrected chi connectivity index (χ2v) is 7.89. The van der Waals surface area contributed by atoms with Crippen molar-refractivity contribution in [3.63, 3.8) is 0 Å². The van der Waals surface area contributed by atoms with Crippen molar-refractivity contribution in [1.82, 2.24) is 0 Å². The SMILES string of the molecule is CS(=O)(=O)Nc1ccc(NC(=O)c2cc3ccccc3s2)cc1. The van der Waals surface area contributed by atoms with Gasteiger partial charge in [0.2, 0.25) is 10.0 Å². The van der Waals surface area contributed by atoms with Gasteiger partial charge in [0, 0.05) is 16.1 Å². The summed E-state index contributed by atoms with van der Waals surface area (Å²) in [6.07, 6.45) is 1.09. The van der Waals surface area contributed by atoms with Crippen molar-refractivity contribution in [2.45, 2.75) is 0 Å². The lowest BCUT2D eigenvalue weighted by Crippen LogP contribution is -2.11. The average molecular weight is 346 g/mol. The fourth-order valence-electron chi connectivity index (χ4n) is 2.12. The third-order valence-electron chi connectivity index (χ3n) is 3.10. The molecule has 1 aromatic heterocycles. The van der Waals surface area contributed by atoms with Crippen LogP contribution in [0.4, 0.5) is 11.4 Å². The number of fused-ring (bicyclic) bond motifs is 1. The zero-order valence-corrected chi connectivity index (χ0v) is 13.9. The first-order chi connectivity index (χ1) is 10.9. The van der Waals surface area contributed by atoms with E-state index in [1.54, 1.807) is 24.3 Å². The lowest BCUT2D eigenvalue weighted by atomic mass is 10.2. The molecule has 0 radical (unpaired) electrons. The molecule has 3 rings (SSSR count). The van der Waals surface area contributed by atoms with Crippen molar-refractivity contribution in [3.8, 4) is 0 Å². The minimum atomic E-state index is -3.31. The smallest absolute Gasteiger partial charge is 0.265 e. The van der Waals surface area contributed by atoms with E-state index < -0.39 is 10.0 Å². The van der Waals surface area contributed by atoms with Crippen molar-refractivity contribution < 1.29 is 13.2 Å². The third kappa shape index (κ3) is 3.88. The predicted octanol–water partition coefficient (Wildman–Crippen LogP) is 3.53. The minimum absolute atomic E-state index is 0.185. The molecule has 0 atom stereocenters. The van der Waals surface area contributed by atoms with Crippen LogP contribution in [0.25, 0.3) is 10.1 Å². The highest BCUT2D eigenvalue weighted by atomic mass is 32.2. The van der Waals surface area contributed by atoms with Gasteiger partial charge in [0.15, 0.2) is 0 Å². The van der Waals surface area contributed by atoms with Crippen LogP contribution < -0.4 is 10.0 Å². The second-order valence-electron chi connectivity index (χ2n) is 5.05. The van der Waals surface area contributed by atoms with E-state index in [4.69, 9.17) is 0 Å². The zero-order valence-electron chi connectivity index (χ0n) is 12.2. The topological polar surface area (TPSA) is 75.3 Å². The van der Waals surface area contributed by atoms with E-state index in [2.05, 4.69) is 10.0 Å². The monoisotopic (exact) mass is 346 g/mol. The molecule has 0 aliphatic carbocycles. The first kappa shape index (κ1) is 15.5. The van der Waals surface area contributed by atoms with Crippen LogP contribution in [-0.4, -0.2) is 20.6 Å².